The molecule has 3 rings (SSSR count). The monoisotopic (exact) mass is 366 g/mol. The summed E-state index contributed by atoms with van der Waals surface area (Å²) in [6.45, 7) is 6.70. The Morgan fingerprint density at radius 1 is 0.923 bits per heavy atom. The zero-order chi connectivity index (χ0) is 18.8. The van der Waals surface area contributed by atoms with Crippen molar-refractivity contribution in [2.24, 2.45) is 5.41 Å². The summed E-state index contributed by atoms with van der Waals surface area (Å²) in [6, 6.07) is 20.9. The highest BCUT2D eigenvalue weighted by Gasteiger charge is 2.60. The molecule has 1 saturated carbocycles. The van der Waals surface area contributed by atoms with Gasteiger partial charge in [-0.3, -0.25) is 0 Å². The molecule has 0 aliphatic heterocycles. The Labute approximate surface area is 158 Å². The van der Waals surface area contributed by atoms with Crippen molar-refractivity contribution in [3.63, 3.8) is 0 Å². The molecular formula is C23H30O2Si. The molecule has 138 valence electrons. The highest BCUT2D eigenvalue weighted by molar-refractivity contribution is 7.05. The van der Waals surface area contributed by atoms with E-state index < -0.39 is 19.2 Å². The fraction of sp³-hybridized carbons (Fsp3) is 0.435. The van der Waals surface area contributed by atoms with Gasteiger partial charge in [0.1, 0.15) is 6.29 Å². The molecule has 1 aliphatic rings. The molecule has 0 heterocycles. The first-order chi connectivity index (χ1) is 12.4. The Bertz CT molecular complexity index is 688. The fourth-order valence-electron chi connectivity index (χ4n) is 5.08. The predicted octanol–water partition coefficient (Wildman–Crippen LogP) is 3.71. The summed E-state index contributed by atoms with van der Waals surface area (Å²) in [6.07, 6.45) is 4.70. The SMILES string of the molecule is CC(C)(C)[Si](c1ccccc1)(c1ccccc1)C(O)C1(C=O)CCCC1. The molecule has 1 fully saturated rings. The maximum Gasteiger partial charge on any atom is 0.154 e. The van der Waals surface area contributed by atoms with Crippen molar-refractivity contribution in [1.82, 2.24) is 0 Å². The average Bonchev–Trinajstić information content (AvgIpc) is 3.13. The molecule has 2 aromatic rings. The van der Waals surface area contributed by atoms with Crippen LogP contribution < -0.4 is 10.4 Å². The molecule has 2 nitrogen and oxygen atoms in total. The van der Waals surface area contributed by atoms with Gasteiger partial charge in [0.15, 0.2) is 8.07 Å². The van der Waals surface area contributed by atoms with E-state index in [1.54, 1.807) is 0 Å². The number of hydrogen-bond acceptors (Lipinski definition) is 2. The van der Waals surface area contributed by atoms with E-state index in [1.165, 1.54) is 10.4 Å². The summed E-state index contributed by atoms with van der Waals surface area (Å²) in [5.41, 5.74) is -1.26. The quantitative estimate of drug-likeness (QED) is 0.647. The summed E-state index contributed by atoms with van der Waals surface area (Å²) in [7, 11) is -2.69. The van der Waals surface area contributed by atoms with Gasteiger partial charge in [0.05, 0.1) is 5.73 Å². The van der Waals surface area contributed by atoms with E-state index in [4.69, 9.17) is 0 Å². The Balaban J connectivity index is 2.33. The number of aldehydes is 1. The lowest BCUT2D eigenvalue weighted by Gasteiger charge is -2.51. The van der Waals surface area contributed by atoms with Gasteiger partial charge in [-0.2, -0.15) is 0 Å². The highest BCUT2D eigenvalue weighted by atomic mass is 28.3. The Morgan fingerprint density at radius 3 is 1.69 bits per heavy atom. The van der Waals surface area contributed by atoms with Crippen LogP contribution in [0, 0.1) is 5.41 Å². The van der Waals surface area contributed by atoms with Crippen LogP contribution >= 0.6 is 0 Å². The predicted molar refractivity (Wildman–Crippen MR) is 111 cm³/mol. The van der Waals surface area contributed by atoms with Crippen LogP contribution in [0.3, 0.4) is 0 Å². The molecule has 0 spiro atoms. The van der Waals surface area contributed by atoms with Gasteiger partial charge < -0.3 is 9.90 Å². The smallest absolute Gasteiger partial charge is 0.154 e. The molecule has 0 saturated heterocycles. The second-order valence-corrected chi connectivity index (χ2v) is 13.6. The topological polar surface area (TPSA) is 37.3 Å². The average molecular weight is 367 g/mol. The van der Waals surface area contributed by atoms with Gasteiger partial charge in [-0.15, -0.1) is 0 Å². The van der Waals surface area contributed by atoms with Gasteiger partial charge in [0, 0.05) is 5.41 Å². The maximum atomic E-state index is 12.3. The Morgan fingerprint density at radius 2 is 1.35 bits per heavy atom. The first-order valence-electron chi connectivity index (χ1n) is 9.64. The summed E-state index contributed by atoms with van der Waals surface area (Å²) in [5.74, 6) is 0. The van der Waals surface area contributed by atoms with Crippen LogP contribution in [0.1, 0.15) is 46.5 Å². The zero-order valence-corrected chi connectivity index (χ0v) is 17.1. The van der Waals surface area contributed by atoms with Crippen LogP contribution in [0.15, 0.2) is 60.7 Å². The van der Waals surface area contributed by atoms with Gasteiger partial charge in [-0.1, -0.05) is 105 Å². The molecule has 1 aliphatic carbocycles. The lowest BCUT2D eigenvalue weighted by atomic mass is 9.89. The van der Waals surface area contributed by atoms with Crippen molar-refractivity contribution in [3.8, 4) is 0 Å². The lowest BCUT2D eigenvalue weighted by Crippen LogP contribution is -2.75. The van der Waals surface area contributed by atoms with Crippen molar-refractivity contribution in [2.45, 2.75) is 57.2 Å². The second kappa shape index (κ2) is 7.13. The number of aliphatic hydroxyl groups is 1. The van der Waals surface area contributed by atoms with Crippen molar-refractivity contribution >= 4 is 24.7 Å². The summed E-state index contributed by atoms with van der Waals surface area (Å²) < 4.78 is 0. The van der Waals surface area contributed by atoms with Crippen molar-refractivity contribution in [1.29, 1.82) is 0 Å². The molecule has 0 bridgehead atoms. The number of aliphatic hydroxyl groups excluding tert-OH is 1. The number of carbonyl (C=O) groups excluding carboxylic acids is 1. The van der Waals surface area contributed by atoms with E-state index in [0.29, 0.717) is 0 Å². The minimum absolute atomic E-state index is 0.145. The molecule has 2 aromatic carbocycles. The Kier molecular flexibility index (Phi) is 5.22. The van der Waals surface area contributed by atoms with Crippen LogP contribution in [0.5, 0.6) is 0 Å². The van der Waals surface area contributed by atoms with Crippen molar-refractivity contribution < 1.29 is 9.90 Å². The number of rotatable bonds is 5. The van der Waals surface area contributed by atoms with E-state index in [0.717, 1.165) is 32.0 Å². The lowest BCUT2D eigenvalue weighted by molar-refractivity contribution is -0.119. The zero-order valence-electron chi connectivity index (χ0n) is 16.1. The maximum absolute atomic E-state index is 12.3. The summed E-state index contributed by atoms with van der Waals surface area (Å²) in [4.78, 5) is 12.3. The molecule has 0 aromatic heterocycles. The Hall–Kier alpha value is -1.71. The van der Waals surface area contributed by atoms with E-state index >= 15 is 0 Å². The molecule has 3 heteroatoms. The fourth-order valence-corrected chi connectivity index (χ4v) is 11.3. The van der Waals surface area contributed by atoms with Crippen LogP contribution in [-0.4, -0.2) is 25.2 Å². The van der Waals surface area contributed by atoms with Crippen molar-refractivity contribution in [3.05, 3.63) is 60.7 Å². The second-order valence-electron chi connectivity index (χ2n) is 8.75. The molecule has 1 atom stereocenters. The van der Waals surface area contributed by atoms with Gasteiger partial charge in [0.25, 0.3) is 0 Å². The normalized spacial score (nSPS) is 18.5. The van der Waals surface area contributed by atoms with Crippen LogP contribution in [0.4, 0.5) is 0 Å². The first-order valence-corrected chi connectivity index (χ1v) is 11.7. The van der Waals surface area contributed by atoms with E-state index in [1.807, 2.05) is 12.1 Å². The van der Waals surface area contributed by atoms with Gasteiger partial charge in [-0.05, 0) is 17.9 Å². The largest absolute Gasteiger partial charge is 0.395 e. The van der Waals surface area contributed by atoms with E-state index in [2.05, 4.69) is 69.3 Å². The summed E-state index contributed by atoms with van der Waals surface area (Å²) >= 11 is 0. The van der Waals surface area contributed by atoms with Gasteiger partial charge >= 0.3 is 0 Å². The van der Waals surface area contributed by atoms with Crippen LogP contribution in [0.25, 0.3) is 0 Å². The van der Waals surface area contributed by atoms with Crippen LogP contribution in [-0.2, 0) is 4.79 Å². The highest BCUT2D eigenvalue weighted by Crippen LogP contribution is 2.48. The summed E-state index contributed by atoms with van der Waals surface area (Å²) in [5, 5.41) is 14.3. The van der Waals surface area contributed by atoms with E-state index in [-0.39, 0.29) is 5.04 Å². The minimum atomic E-state index is -2.69. The molecule has 1 N–H and O–H groups in total. The third-order valence-corrected chi connectivity index (χ3v) is 12.6. The first kappa shape index (κ1) is 19.1. The minimum Gasteiger partial charge on any atom is -0.395 e. The van der Waals surface area contributed by atoms with Crippen molar-refractivity contribution in [2.75, 3.05) is 0 Å². The third kappa shape index (κ3) is 2.87. The van der Waals surface area contributed by atoms with E-state index in [9.17, 15) is 9.90 Å². The number of carbonyl (C=O) groups is 1. The standard InChI is InChI=1S/C23H30O2Si/c1-22(2,3)26(19-12-6-4-7-13-19,20-14-8-5-9-15-20)21(25)23(18-24)16-10-11-17-23/h4-9,12-15,18,21,25H,10-11,16-17H2,1-3H3. The molecule has 26 heavy (non-hydrogen) atoms. The number of hydrogen-bond donors (Lipinski definition) is 1. The molecule has 1 unspecified atom stereocenters. The molecular weight excluding hydrogens is 336 g/mol. The van der Waals surface area contributed by atoms with Gasteiger partial charge in [0.2, 0.25) is 0 Å². The molecule has 0 amide bonds. The molecule has 0 radical (unpaired) electrons. The van der Waals surface area contributed by atoms with Gasteiger partial charge in [-0.25, -0.2) is 0 Å². The third-order valence-electron chi connectivity index (χ3n) is 6.37. The van der Waals surface area contributed by atoms with Crippen LogP contribution in [0.2, 0.25) is 5.04 Å². The number of benzene rings is 2.